The molecule has 1 aromatic rings. The van der Waals surface area contributed by atoms with E-state index < -0.39 is 15.6 Å². The molecule has 1 aliphatic carbocycles. The van der Waals surface area contributed by atoms with Crippen LogP contribution in [-0.2, 0) is 10.0 Å². The zero-order valence-electron chi connectivity index (χ0n) is 12.4. The van der Waals surface area contributed by atoms with Gasteiger partial charge in [-0.1, -0.05) is 0 Å². The Kier molecular flexibility index (Phi) is 4.91. The molecule has 124 valence electrons. The number of hydrogen-bond donors (Lipinski definition) is 2. The predicted molar refractivity (Wildman–Crippen MR) is 85.2 cm³/mol. The van der Waals surface area contributed by atoms with E-state index in [9.17, 15) is 8.42 Å². The van der Waals surface area contributed by atoms with Crippen molar-refractivity contribution in [3.8, 4) is 11.5 Å². The number of ether oxygens (including phenoxy) is 2. The molecule has 3 rings (SSSR count). The molecule has 1 unspecified atom stereocenters. The summed E-state index contributed by atoms with van der Waals surface area (Å²) in [6.07, 6.45) is 2.02. The van der Waals surface area contributed by atoms with E-state index in [1.54, 1.807) is 6.07 Å². The molecule has 1 heterocycles. The summed E-state index contributed by atoms with van der Waals surface area (Å²) >= 11 is 0. The fraction of sp³-hybridized carbons (Fsp3) is 0.571. The molecular formula is C14H21ClN2O4S. The van der Waals surface area contributed by atoms with Crippen molar-refractivity contribution in [3.05, 3.63) is 18.2 Å². The molecule has 1 aromatic carbocycles. The van der Waals surface area contributed by atoms with Crippen LogP contribution >= 0.6 is 12.4 Å². The quantitative estimate of drug-likeness (QED) is 0.836. The van der Waals surface area contributed by atoms with Crippen molar-refractivity contribution < 1.29 is 17.9 Å². The summed E-state index contributed by atoms with van der Waals surface area (Å²) in [5, 5.41) is 0. The van der Waals surface area contributed by atoms with Crippen LogP contribution in [0.5, 0.6) is 11.5 Å². The molecule has 0 aromatic heterocycles. The van der Waals surface area contributed by atoms with Gasteiger partial charge in [-0.3, -0.25) is 0 Å². The van der Waals surface area contributed by atoms with Crippen molar-refractivity contribution in [1.82, 2.24) is 4.72 Å². The van der Waals surface area contributed by atoms with Crippen LogP contribution in [0.3, 0.4) is 0 Å². The van der Waals surface area contributed by atoms with Crippen molar-refractivity contribution in [1.29, 1.82) is 0 Å². The molecule has 6 nitrogen and oxygen atoms in total. The lowest BCUT2D eigenvalue weighted by atomic mass is 9.98. The molecule has 2 aliphatic rings. The van der Waals surface area contributed by atoms with Crippen LogP contribution in [-0.4, -0.2) is 33.7 Å². The topological polar surface area (TPSA) is 90.7 Å². The molecule has 1 saturated carbocycles. The maximum absolute atomic E-state index is 12.6. The number of benzene rings is 1. The lowest BCUT2D eigenvalue weighted by Crippen LogP contribution is -2.52. The van der Waals surface area contributed by atoms with E-state index in [0.717, 1.165) is 12.8 Å². The molecule has 0 radical (unpaired) electrons. The average molecular weight is 349 g/mol. The molecule has 8 heteroatoms. The summed E-state index contributed by atoms with van der Waals surface area (Å²) < 4.78 is 38.7. The smallest absolute Gasteiger partial charge is 0.241 e. The first-order valence-corrected chi connectivity index (χ1v) is 8.57. The van der Waals surface area contributed by atoms with Gasteiger partial charge in [0, 0.05) is 18.2 Å². The fourth-order valence-corrected chi connectivity index (χ4v) is 4.06. The van der Waals surface area contributed by atoms with Crippen molar-refractivity contribution in [2.45, 2.75) is 30.2 Å². The Balaban J connectivity index is 0.00000176. The van der Waals surface area contributed by atoms with Crippen molar-refractivity contribution >= 4 is 22.4 Å². The summed E-state index contributed by atoms with van der Waals surface area (Å²) in [5.74, 6) is 1.35. The van der Waals surface area contributed by atoms with Crippen LogP contribution in [0.1, 0.15) is 19.8 Å². The lowest BCUT2D eigenvalue weighted by Gasteiger charge is -2.29. The van der Waals surface area contributed by atoms with Crippen LogP contribution in [0.25, 0.3) is 0 Å². The van der Waals surface area contributed by atoms with Crippen LogP contribution in [0.4, 0.5) is 0 Å². The molecule has 0 amide bonds. The largest absolute Gasteiger partial charge is 0.486 e. The Morgan fingerprint density at radius 3 is 2.50 bits per heavy atom. The predicted octanol–water partition coefficient (Wildman–Crippen LogP) is 1.29. The number of fused-ring (bicyclic) bond motifs is 1. The van der Waals surface area contributed by atoms with E-state index >= 15 is 0 Å². The van der Waals surface area contributed by atoms with Gasteiger partial charge in [0.15, 0.2) is 11.5 Å². The van der Waals surface area contributed by atoms with Gasteiger partial charge in [-0.05, 0) is 37.8 Å². The highest BCUT2D eigenvalue weighted by Gasteiger charge is 2.43. The van der Waals surface area contributed by atoms with Crippen molar-refractivity contribution in [2.24, 2.45) is 11.7 Å². The van der Waals surface area contributed by atoms with Crippen molar-refractivity contribution in [2.75, 3.05) is 19.8 Å². The number of hydrogen-bond acceptors (Lipinski definition) is 5. The van der Waals surface area contributed by atoms with Gasteiger partial charge in [0.25, 0.3) is 0 Å². The second-order valence-electron chi connectivity index (χ2n) is 5.81. The van der Waals surface area contributed by atoms with E-state index in [1.807, 2.05) is 6.92 Å². The zero-order valence-corrected chi connectivity index (χ0v) is 14.0. The van der Waals surface area contributed by atoms with Gasteiger partial charge in [0.1, 0.15) is 13.2 Å². The number of nitrogens with two attached hydrogens (primary N) is 1. The van der Waals surface area contributed by atoms with E-state index in [4.69, 9.17) is 15.2 Å². The summed E-state index contributed by atoms with van der Waals surface area (Å²) in [6, 6.07) is 4.65. The van der Waals surface area contributed by atoms with Gasteiger partial charge in [0.05, 0.1) is 4.90 Å². The van der Waals surface area contributed by atoms with Crippen LogP contribution in [0, 0.1) is 5.92 Å². The van der Waals surface area contributed by atoms with Gasteiger partial charge in [-0.2, -0.15) is 0 Å². The fourth-order valence-electron chi connectivity index (χ4n) is 2.57. The SMILES string of the molecule is CC(CN)(NS(=O)(=O)c1ccc2c(c1)OCCO2)C1CC1.Cl. The average Bonchev–Trinajstić information content (AvgIpc) is 3.31. The van der Waals surface area contributed by atoms with E-state index in [2.05, 4.69) is 4.72 Å². The van der Waals surface area contributed by atoms with Gasteiger partial charge in [0.2, 0.25) is 10.0 Å². The number of halogens is 1. The standard InChI is InChI=1S/C14H20N2O4S.ClH/c1-14(9-15,10-2-3-10)16-21(17,18)11-4-5-12-13(8-11)20-7-6-19-12;/h4-5,8,10,16H,2-3,6-7,9,15H2,1H3;1H. The number of nitrogens with one attached hydrogen (secondary N) is 1. The first kappa shape index (κ1) is 17.3. The molecule has 1 atom stereocenters. The summed E-state index contributed by atoms with van der Waals surface area (Å²) in [4.78, 5) is 0.173. The first-order valence-electron chi connectivity index (χ1n) is 7.08. The molecule has 0 saturated heterocycles. The van der Waals surface area contributed by atoms with E-state index in [0.29, 0.717) is 30.6 Å². The minimum absolute atomic E-state index is 0. The van der Waals surface area contributed by atoms with Gasteiger partial charge in [-0.15, -0.1) is 12.4 Å². The normalized spacial score (nSPS) is 19.9. The number of sulfonamides is 1. The highest BCUT2D eigenvalue weighted by atomic mass is 35.5. The zero-order chi connectivity index (χ0) is 15.1. The summed E-state index contributed by atoms with van der Waals surface area (Å²) in [5.41, 5.74) is 5.18. The summed E-state index contributed by atoms with van der Waals surface area (Å²) in [6.45, 7) is 3.04. The van der Waals surface area contributed by atoms with Crippen LogP contribution in [0.15, 0.2) is 23.1 Å². The molecule has 0 spiro atoms. The number of rotatable bonds is 5. The Morgan fingerprint density at radius 1 is 1.27 bits per heavy atom. The monoisotopic (exact) mass is 348 g/mol. The third-order valence-electron chi connectivity index (χ3n) is 4.09. The Labute approximate surface area is 136 Å². The van der Waals surface area contributed by atoms with Crippen molar-refractivity contribution in [3.63, 3.8) is 0 Å². The molecule has 22 heavy (non-hydrogen) atoms. The minimum Gasteiger partial charge on any atom is -0.486 e. The molecule has 1 fully saturated rings. The second-order valence-corrected chi connectivity index (χ2v) is 7.49. The Morgan fingerprint density at radius 2 is 1.91 bits per heavy atom. The summed E-state index contributed by atoms with van der Waals surface area (Å²) in [7, 11) is -3.63. The maximum Gasteiger partial charge on any atom is 0.241 e. The Bertz CT molecular complexity index is 648. The third-order valence-corrected chi connectivity index (χ3v) is 5.70. The Hall–Kier alpha value is -1.02. The lowest BCUT2D eigenvalue weighted by molar-refractivity contribution is 0.171. The third kappa shape index (κ3) is 3.32. The first-order chi connectivity index (χ1) is 9.94. The van der Waals surface area contributed by atoms with Gasteiger partial charge in [-0.25, -0.2) is 13.1 Å². The maximum atomic E-state index is 12.6. The molecule has 1 aliphatic heterocycles. The van der Waals surface area contributed by atoms with E-state index in [1.165, 1.54) is 12.1 Å². The highest BCUT2D eigenvalue weighted by Crippen LogP contribution is 2.40. The van der Waals surface area contributed by atoms with Crippen LogP contribution in [0.2, 0.25) is 0 Å². The van der Waals surface area contributed by atoms with Gasteiger partial charge >= 0.3 is 0 Å². The van der Waals surface area contributed by atoms with E-state index in [-0.39, 0.29) is 23.8 Å². The minimum atomic E-state index is -3.63. The van der Waals surface area contributed by atoms with Crippen LogP contribution < -0.4 is 19.9 Å². The molecule has 0 bridgehead atoms. The second kappa shape index (κ2) is 6.23. The molecular weight excluding hydrogens is 328 g/mol. The molecule has 3 N–H and O–H groups in total. The van der Waals surface area contributed by atoms with Gasteiger partial charge < -0.3 is 15.2 Å². The highest BCUT2D eigenvalue weighted by molar-refractivity contribution is 7.89.